The summed E-state index contributed by atoms with van der Waals surface area (Å²) in [4.78, 5) is 12.5. The van der Waals surface area contributed by atoms with E-state index in [4.69, 9.17) is 14.2 Å². The minimum atomic E-state index is -1.44. The van der Waals surface area contributed by atoms with Gasteiger partial charge in [0.25, 0.3) is 0 Å². The molecule has 14 unspecified atom stereocenters. The number of ether oxygens (including phenoxy) is 3. The van der Waals surface area contributed by atoms with Crippen LogP contribution in [0.15, 0.2) is 23.8 Å². The minimum Gasteiger partial charge on any atom is -0.463 e. The molecule has 52 heavy (non-hydrogen) atoms. The molecule has 4 aliphatic carbocycles. The molecule has 1 aliphatic heterocycles. The highest BCUT2D eigenvalue weighted by molar-refractivity contribution is 5.69. The van der Waals surface area contributed by atoms with Crippen molar-refractivity contribution in [3.8, 4) is 0 Å². The maximum Gasteiger partial charge on any atom is 0.305 e. The zero-order valence-corrected chi connectivity index (χ0v) is 33.9. The standard InChI is InChI=1S/C45H76O7/c1-8-9-10-11-12-13-14-15-16-39(46)50-28-38-40(47)41(48)42(49)43(52-38)51-33-23-25-44(6)32(27-33)19-20-34-36-22-21-35(45(36,7)26-24-37(34)44)31(5)18-17-30(4)29(2)3/h17-19,29-31,33-38,40-43,47-49H,8-16,20-28H2,1-7H3/b18-17+. The van der Waals surface area contributed by atoms with Crippen LogP contribution in [0.2, 0.25) is 0 Å². The fraction of sp³-hybridized carbons (Fsp3) is 0.889. The van der Waals surface area contributed by atoms with Crippen LogP contribution in [0.3, 0.4) is 0 Å². The van der Waals surface area contributed by atoms with E-state index < -0.39 is 30.7 Å². The van der Waals surface area contributed by atoms with Crippen molar-refractivity contribution in [2.75, 3.05) is 6.61 Å². The monoisotopic (exact) mass is 729 g/mol. The van der Waals surface area contributed by atoms with Gasteiger partial charge in [-0.05, 0) is 110 Å². The number of esters is 1. The Kier molecular flexibility index (Phi) is 15.0. The van der Waals surface area contributed by atoms with E-state index in [-0.39, 0.29) is 24.1 Å². The van der Waals surface area contributed by atoms with E-state index in [0.717, 1.165) is 62.7 Å². The molecular weight excluding hydrogens is 652 g/mol. The van der Waals surface area contributed by atoms with Gasteiger partial charge in [-0.1, -0.05) is 117 Å². The van der Waals surface area contributed by atoms with Crippen LogP contribution < -0.4 is 0 Å². The third-order valence-electron chi connectivity index (χ3n) is 15.2. The number of hydrogen-bond acceptors (Lipinski definition) is 7. The normalized spacial score (nSPS) is 40.2. The lowest BCUT2D eigenvalue weighted by molar-refractivity contribution is -0.313. The summed E-state index contributed by atoms with van der Waals surface area (Å²) in [6, 6.07) is 0. The van der Waals surface area contributed by atoms with E-state index in [1.807, 2.05) is 0 Å². The van der Waals surface area contributed by atoms with E-state index >= 15 is 0 Å². The second-order valence-corrected chi connectivity index (χ2v) is 18.8. The summed E-state index contributed by atoms with van der Waals surface area (Å²) in [5, 5.41) is 32.3. The molecule has 0 spiro atoms. The van der Waals surface area contributed by atoms with Crippen LogP contribution in [-0.2, 0) is 19.0 Å². The molecule has 7 nitrogen and oxygen atoms in total. The predicted molar refractivity (Wildman–Crippen MR) is 207 cm³/mol. The molecule has 5 rings (SSSR count). The maximum atomic E-state index is 12.5. The number of unbranched alkanes of at least 4 members (excludes halogenated alkanes) is 7. The topological polar surface area (TPSA) is 105 Å². The van der Waals surface area contributed by atoms with Crippen molar-refractivity contribution in [2.45, 2.75) is 194 Å². The highest BCUT2D eigenvalue weighted by atomic mass is 16.7. The summed E-state index contributed by atoms with van der Waals surface area (Å²) in [7, 11) is 0. The third kappa shape index (κ3) is 9.40. The molecule has 0 amide bonds. The first-order chi connectivity index (χ1) is 24.8. The smallest absolute Gasteiger partial charge is 0.305 e. The lowest BCUT2D eigenvalue weighted by atomic mass is 9.47. The molecule has 3 N–H and O–H groups in total. The van der Waals surface area contributed by atoms with Gasteiger partial charge in [-0.3, -0.25) is 4.79 Å². The number of aliphatic hydroxyl groups is 3. The summed E-state index contributed by atoms with van der Waals surface area (Å²) in [6.45, 7) is 16.6. The van der Waals surface area contributed by atoms with E-state index in [2.05, 4.69) is 66.7 Å². The molecule has 4 fully saturated rings. The maximum absolute atomic E-state index is 12.5. The molecule has 0 aromatic rings. The Bertz CT molecular complexity index is 1200. The van der Waals surface area contributed by atoms with Crippen molar-refractivity contribution in [1.82, 2.24) is 0 Å². The number of fused-ring (bicyclic) bond motifs is 5. The molecule has 14 atom stereocenters. The van der Waals surface area contributed by atoms with Gasteiger partial charge in [-0.25, -0.2) is 0 Å². The van der Waals surface area contributed by atoms with Crippen molar-refractivity contribution in [3.63, 3.8) is 0 Å². The van der Waals surface area contributed by atoms with Crippen molar-refractivity contribution >= 4 is 5.97 Å². The van der Waals surface area contributed by atoms with E-state index in [1.165, 1.54) is 63.4 Å². The third-order valence-corrected chi connectivity index (χ3v) is 15.2. The molecule has 0 aromatic carbocycles. The van der Waals surface area contributed by atoms with Gasteiger partial charge in [-0.15, -0.1) is 0 Å². The molecular formula is C45H76O7. The molecule has 7 heteroatoms. The van der Waals surface area contributed by atoms with Crippen molar-refractivity contribution in [3.05, 3.63) is 23.8 Å². The van der Waals surface area contributed by atoms with Crippen molar-refractivity contribution in [2.24, 2.45) is 52.3 Å². The van der Waals surface area contributed by atoms with Crippen molar-refractivity contribution in [1.29, 1.82) is 0 Å². The molecule has 5 aliphatic rings. The summed E-state index contributed by atoms with van der Waals surface area (Å²) in [5.74, 6) is 4.56. The van der Waals surface area contributed by atoms with E-state index in [1.54, 1.807) is 0 Å². The van der Waals surface area contributed by atoms with Crippen LogP contribution in [0.5, 0.6) is 0 Å². The fourth-order valence-electron chi connectivity index (χ4n) is 11.4. The molecule has 1 saturated heterocycles. The number of carbonyl (C=O) groups excluding carboxylic acids is 1. The zero-order valence-electron chi connectivity index (χ0n) is 33.9. The number of allylic oxidation sites excluding steroid dienone is 3. The zero-order chi connectivity index (χ0) is 37.6. The lowest BCUT2D eigenvalue weighted by Crippen LogP contribution is -2.60. The molecule has 0 bridgehead atoms. The molecule has 298 valence electrons. The minimum absolute atomic E-state index is 0.145. The summed E-state index contributed by atoms with van der Waals surface area (Å²) in [6.07, 6.45) is 19.8. The summed E-state index contributed by atoms with van der Waals surface area (Å²) >= 11 is 0. The Balaban J connectivity index is 1.12. The van der Waals surface area contributed by atoms with Gasteiger partial charge >= 0.3 is 5.97 Å². The molecule has 0 aromatic heterocycles. The first-order valence-corrected chi connectivity index (χ1v) is 21.7. The molecule has 1 heterocycles. The Labute approximate surface area is 316 Å². The fourth-order valence-corrected chi connectivity index (χ4v) is 11.4. The second kappa shape index (κ2) is 18.6. The average Bonchev–Trinajstić information content (AvgIpc) is 3.48. The van der Waals surface area contributed by atoms with Gasteiger partial charge in [0.15, 0.2) is 6.29 Å². The van der Waals surface area contributed by atoms with Gasteiger partial charge in [0.1, 0.15) is 31.0 Å². The number of aliphatic hydroxyl groups excluding tert-OH is 3. The first kappa shape index (κ1) is 41.9. The summed E-state index contributed by atoms with van der Waals surface area (Å²) < 4.78 is 17.9. The van der Waals surface area contributed by atoms with Crippen LogP contribution >= 0.6 is 0 Å². The lowest BCUT2D eigenvalue weighted by Gasteiger charge is -2.58. The first-order valence-electron chi connectivity index (χ1n) is 21.7. The Morgan fingerprint density at radius 1 is 0.885 bits per heavy atom. The largest absolute Gasteiger partial charge is 0.463 e. The van der Waals surface area contributed by atoms with Gasteiger partial charge in [0.2, 0.25) is 0 Å². The van der Waals surface area contributed by atoms with Gasteiger partial charge in [-0.2, -0.15) is 0 Å². The Morgan fingerprint density at radius 2 is 1.60 bits per heavy atom. The van der Waals surface area contributed by atoms with Crippen LogP contribution in [0.4, 0.5) is 0 Å². The molecule has 0 radical (unpaired) electrons. The highest BCUT2D eigenvalue weighted by Gasteiger charge is 2.59. The number of hydrogen-bond donors (Lipinski definition) is 3. The predicted octanol–water partition coefficient (Wildman–Crippen LogP) is 9.32. The van der Waals surface area contributed by atoms with Crippen LogP contribution in [0.1, 0.15) is 158 Å². The quantitative estimate of drug-likeness (QED) is 0.0779. The molecule has 3 saturated carbocycles. The van der Waals surface area contributed by atoms with Gasteiger partial charge < -0.3 is 29.5 Å². The second-order valence-electron chi connectivity index (χ2n) is 18.8. The van der Waals surface area contributed by atoms with E-state index in [0.29, 0.717) is 35.5 Å². The van der Waals surface area contributed by atoms with Crippen LogP contribution in [0.25, 0.3) is 0 Å². The van der Waals surface area contributed by atoms with Gasteiger partial charge in [0.05, 0.1) is 6.10 Å². The SMILES string of the molecule is CCCCCCCCCCC(=O)OCC1OC(OC2CCC3(C)C(=CCC4C3CCC3(C)C(C(C)/C=C/C(C)C(C)C)CCC43)C2)C(O)C(O)C1O. The number of rotatable bonds is 17. The van der Waals surface area contributed by atoms with Gasteiger partial charge in [0, 0.05) is 6.42 Å². The van der Waals surface area contributed by atoms with Crippen LogP contribution in [0, 0.1) is 52.3 Å². The Hall–Kier alpha value is -1.25. The summed E-state index contributed by atoms with van der Waals surface area (Å²) in [5.41, 5.74) is 2.06. The number of carbonyl (C=O) groups is 1. The van der Waals surface area contributed by atoms with E-state index in [9.17, 15) is 20.1 Å². The van der Waals surface area contributed by atoms with Crippen LogP contribution in [-0.4, -0.2) is 64.7 Å². The highest BCUT2D eigenvalue weighted by Crippen LogP contribution is 2.67. The average molecular weight is 729 g/mol. The van der Waals surface area contributed by atoms with Crippen molar-refractivity contribution < 1.29 is 34.3 Å². The Morgan fingerprint density at radius 3 is 2.31 bits per heavy atom.